The van der Waals surface area contributed by atoms with Gasteiger partial charge < -0.3 is 10.4 Å². The molecule has 0 aliphatic heterocycles. The van der Waals surface area contributed by atoms with Gasteiger partial charge in [0.1, 0.15) is 6.04 Å². The van der Waals surface area contributed by atoms with Crippen LogP contribution in [0.3, 0.4) is 0 Å². The molecule has 2 rings (SSSR count). The Hall–Kier alpha value is -1.63. The van der Waals surface area contributed by atoms with E-state index in [9.17, 15) is 18.4 Å². The van der Waals surface area contributed by atoms with Gasteiger partial charge >= 0.3 is 5.97 Å². The first kappa shape index (κ1) is 15.8. The second-order valence-corrected chi connectivity index (χ2v) is 6.06. The van der Waals surface area contributed by atoms with Crippen molar-refractivity contribution >= 4 is 23.6 Å². The third-order valence-corrected chi connectivity index (χ3v) is 4.16. The van der Waals surface area contributed by atoms with Crippen molar-refractivity contribution in [3.8, 4) is 0 Å². The molecular formula is C14H15F2NO3S. The number of carboxylic acid groups (broad SMARTS) is 1. The van der Waals surface area contributed by atoms with E-state index in [1.54, 1.807) is 0 Å². The van der Waals surface area contributed by atoms with Gasteiger partial charge in [-0.3, -0.25) is 4.79 Å². The van der Waals surface area contributed by atoms with Gasteiger partial charge in [0.15, 0.2) is 11.6 Å². The van der Waals surface area contributed by atoms with Gasteiger partial charge in [-0.15, -0.1) is 11.8 Å². The van der Waals surface area contributed by atoms with Crippen molar-refractivity contribution in [2.75, 3.05) is 5.75 Å². The molecule has 1 aromatic rings. The van der Waals surface area contributed by atoms with Crippen LogP contribution in [0.4, 0.5) is 8.78 Å². The molecule has 1 atom stereocenters. The average molecular weight is 315 g/mol. The highest BCUT2D eigenvalue weighted by Gasteiger charge is 2.37. The number of carbonyl (C=O) groups excluding carboxylic acids is 1. The maximum absolute atomic E-state index is 13.0. The Labute approximate surface area is 124 Å². The average Bonchev–Trinajstić information content (AvgIpc) is 3.24. The highest BCUT2D eigenvalue weighted by molar-refractivity contribution is 7.99. The first-order chi connectivity index (χ1) is 9.97. The van der Waals surface area contributed by atoms with Crippen LogP contribution in [0.2, 0.25) is 0 Å². The Kier molecular flexibility index (Phi) is 5.17. The number of nitrogens with one attached hydrogen (secondary N) is 1. The van der Waals surface area contributed by atoms with Crippen molar-refractivity contribution in [2.24, 2.45) is 5.92 Å². The Morgan fingerprint density at radius 3 is 2.62 bits per heavy atom. The lowest BCUT2D eigenvalue weighted by molar-refractivity contribution is -0.142. The minimum Gasteiger partial charge on any atom is -0.480 e. The number of hydrogen-bond acceptors (Lipinski definition) is 3. The van der Waals surface area contributed by atoms with Gasteiger partial charge in [0.05, 0.1) is 0 Å². The van der Waals surface area contributed by atoms with Gasteiger partial charge in [-0.25, -0.2) is 13.6 Å². The van der Waals surface area contributed by atoms with E-state index in [-0.39, 0.29) is 18.2 Å². The van der Waals surface area contributed by atoms with E-state index in [4.69, 9.17) is 5.11 Å². The number of carbonyl (C=O) groups is 2. The summed E-state index contributed by atoms with van der Waals surface area (Å²) < 4.78 is 25.7. The Morgan fingerprint density at radius 2 is 2.05 bits per heavy atom. The zero-order valence-corrected chi connectivity index (χ0v) is 12.0. The number of thioether (sulfide) groups is 1. The first-order valence-electron chi connectivity index (χ1n) is 6.57. The molecular weight excluding hydrogens is 300 g/mol. The normalized spacial score (nSPS) is 15.5. The Bertz CT molecular complexity index is 549. The van der Waals surface area contributed by atoms with E-state index in [1.807, 2.05) is 0 Å². The van der Waals surface area contributed by atoms with Gasteiger partial charge in [0.25, 0.3) is 0 Å². The summed E-state index contributed by atoms with van der Waals surface area (Å²) in [5.74, 6) is -2.79. The molecule has 1 fully saturated rings. The summed E-state index contributed by atoms with van der Waals surface area (Å²) in [7, 11) is 0. The number of halogens is 2. The molecule has 0 heterocycles. The summed E-state index contributed by atoms with van der Waals surface area (Å²) in [5.41, 5.74) is 0. The lowest BCUT2D eigenvalue weighted by Gasteiger charge is -2.13. The molecule has 1 aromatic carbocycles. The third-order valence-electron chi connectivity index (χ3n) is 3.16. The van der Waals surface area contributed by atoms with Crippen LogP contribution in [-0.2, 0) is 9.59 Å². The third kappa shape index (κ3) is 4.70. The zero-order valence-electron chi connectivity index (χ0n) is 11.1. The second kappa shape index (κ2) is 6.89. The van der Waals surface area contributed by atoms with Crippen LogP contribution in [0.1, 0.15) is 19.3 Å². The molecule has 1 aliphatic rings. The van der Waals surface area contributed by atoms with Crippen molar-refractivity contribution in [2.45, 2.75) is 30.2 Å². The predicted molar refractivity (Wildman–Crippen MR) is 74.0 cm³/mol. The molecule has 1 unspecified atom stereocenters. The molecule has 1 amide bonds. The van der Waals surface area contributed by atoms with Crippen LogP contribution in [0.5, 0.6) is 0 Å². The zero-order chi connectivity index (χ0) is 15.4. The van der Waals surface area contributed by atoms with E-state index in [0.717, 1.165) is 25.0 Å². The summed E-state index contributed by atoms with van der Waals surface area (Å²) >= 11 is 1.22. The van der Waals surface area contributed by atoms with E-state index >= 15 is 0 Å². The standard InChI is InChI=1S/C14H15F2NO3S/c15-10-4-3-9(7-11(10)16)21-6-5-12(18)17-13(14(19)20)8-1-2-8/h3-4,7-8,13H,1-2,5-6H2,(H,17,18)(H,19,20). The summed E-state index contributed by atoms with van der Waals surface area (Å²) in [4.78, 5) is 23.2. The molecule has 21 heavy (non-hydrogen) atoms. The number of rotatable bonds is 7. The molecule has 1 saturated carbocycles. The number of benzene rings is 1. The monoisotopic (exact) mass is 315 g/mol. The van der Waals surface area contributed by atoms with Crippen molar-refractivity contribution < 1.29 is 23.5 Å². The van der Waals surface area contributed by atoms with E-state index < -0.39 is 23.6 Å². The highest BCUT2D eigenvalue weighted by Crippen LogP contribution is 2.32. The van der Waals surface area contributed by atoms with Crippen LogP contribution in [0.25, 0.3) is 0 Å². The molecule has 7 heteroatoms. The number of aliphatic carboxylic acids is 1. The summed E-state index contributed by atoms with van der Waals surface area (Å²) in [6, 6.07) is 2.73. The second-order valence-electron chi connectivity index (χ2n) is 4.90. The molecule has 0 saturated heterocycles. The molecule has 2 N–H and O–H groups in total. The minimum atomic E-state index is -1.01. The Morgan fingerprint density at radius 1 is 1.33 bits per heavy atom. The predicted octanol–water partition coefficient (Wildman–Crippen LogP) is 2.43. The lowest BCUT2D eigenvalue weighted by Crippen LogP contribution is -2.42. The van der Waals surface area contributed by atoms with Crippen molar-refractivity contribution in [3.63, 3.8) is 0 Å². The van der Waals surface area contributed by atoms with Crippen molar-refractivity contribution in [3.05, 3.63) is 29.8 Å². The fourth-order valence-electron chi connectivity index (χ4n) is 1.88. The summed E-state index contributed by atoms with van der Waals surface area (Å²) in [6.45, 7) is 0. The van der Waals surface area contributed by atoms with Gasteiger partial charge in [-0.2, -0.15) is 0 Å². The topological polar surface area (TPSA) is 66.4 Å². The van der Waals surface area contributed by atoms with E-state index in [2.05, 4.69) is 5.32 Å². The van der Waals surface area contributed by atoms with E-state index in [1.165, 1.54) is 17.8 Å². The molecule has 114 valence electrons. The number of carboxylic acids is 1. The van der Waals surface area contributed by atoms with Crippen molar-refractivity contribution in [1.82, 2.24) is 5.32 Å². The molecule has 4 nitrogen and oxygen atoms in total. The lowest BCUT2D eigenvalue weighted by atomic mass is 10.2. The van der Waals surface area contributed by atoms with Crippen LogP contribution < -0.4 is 5.32 Å². The van der Waals surface area contributed by atoms with Crippen LogP contribution >= 0.6 is 11.8 Å². The summed E-state index contributed by atoms with van der Waals surface area (Å²) in [5, 5.41) is 11.5. The van der Waals surface area contributed by atoms with Crippen LogP contribution in [-0.4, -0.2) is 28.8 Å². The molecule has 0 radical (unpaired) electrons. The summed E-state index contributed by atoms with van der Waals surface area (Å²) in [6.07, 6.45) is 1.77. The van der Waals surface area contributed by atoms with Crippen LogP contribution in [0.15, 0.2) is 23.1 Å². The molecule has 0 bridgehead atoms. The fourth-order valence-corrected chi connectivity index (χ4v) is 2.76. The minimum absolute atomic E-state index is 0.0327. The highest BCUT2D eigenvalue weighted by atomic mass is 32.2. The quantitative estimate of drug-likeness (QED) is 0.759. The van der Waals surface area contributed by atoms with Crippen molar-refractivity contribution in [1.29, 1.82) is 0 Å². The molecule has 1 aliphatic carbocycles. The van der Waals surface area contributed by atoms with Crippen LogP contribution in [0, 0.1) is 17.6 Å². The first-order valence-corrected chi connectivity index (χ1v) is 7.56. The number of hydrogen-bond donors (Lipinski definition) is 2. The number of amides is 1. The Balaban J connectivity index is 1.76. The largest absolute Gasteiger partial charge is 0.480 e. The SMILES string of the molecule is O=C(CCSc1ccc(F)c(F)c1)NC(C(=O)O)C1CC1. The maximum atomic E-state index is 13.0. The van der Waals surface area contributed by atoms with Gasteiger partial charge in [0, 0.05) is 17.1 Å². The van der Waals surface area contributed by atoms with Gasteiger partial charge in [0.2, 0.25) is 5.91 Å². The smallest absolute Gasteiger partial charge is 0.326 e. The maximum Gasteiger partial charge on any atom is 0.326 e. The van der Waals surface area contributed by atoms with Gasteiger partial charge in [-0.05, 0) is 37.0 Å². The molecule has 0 aromatic heterocycles. The molecule has 0 spiro atoms. The fraction of sp³-hybridized carbons (Fsp3) is 0.429. The van der Waals surface area contributed by atoms with Gasteiger partial charge in [-0.1, -0.05) is 0 Å². The van der Waals surface area contributed by atoms with E-state index in [0.29, 0.717) is 10.6 Å².